The third-order valence-electron chi connectivity index (χ3n) is 6.34. The van der Waals surface area contributed by atoms with Gasteiger partial charge in [0.05, 0.1) is 6.10 Å². The van der Waals surface area contributed by atoms with Gasteiger partial charge < -0.3 is 10.1 Å². The standard InChI is InChI=1S/C18H33NO/c1-2-20-17-14-16(18(17)11-5-6-12-18)19-13-7-10-15-8-3-4-9-15/h15-17,19H,2-14H2,1H3. The van der Waals surface area contributed by atoms with Gasteiger partial charge in [-0.3, -0.25) is 0 Å². The van der Waals surface area contributed by atoms with Gasteiger partial charge in [-0.25, -0.2) is 0 Å². The van der Waals surface area contributed by atoms with Gasteiger partial charge >= 0.3 is 0 Å². The highest BCUT2D eigenvalue weighted by atomic mass is 16.5. The molecule has 2 atom stereocenters. The van der Waals surface area contributed by atoms with Crippen molar-refractivity contribution in [3.63, 3.8) is 0 Å². The van der Waals surface area contributed by atoms with E-state index < -0.39 is 0 Å². The van der Waals surface area contributed by atoms with Gasteiger partial charge in [0, 0.05) is 18.1 Å². The maximum Gasteiger partial charge on any atom is 0.0661 e. The summed E-state index contributed by atoms with van der Waals surface area (Å²) >= 11 is 0. The third kappa shape index (κ3) is 2.92. The van der Waals surface area contributed by atoms with Crippen molar-refractivity contribution < 1.29 is 4.74 Å². The van der Waals surface area contributed by atoms with Gasteiger partial charge in [-0.15, -0.1) is 0 Å². The van der Waals surface area contributed by atoms with Crippen molar-refractivity contribution in [1.29, 1.82) is 0 Å². The summed E-state index contributed by atoms with van der Waals surface area (Å²) in [6.07, 6.45) is 16.3. The molecular formula is C18H33NO. The molecule has 2 heteroatoms. The Kier molecular flexibility index (Phi) is 5.04. The van der Waals surface area contributed by atoms with Crippen LogP contribution in [0, 0.1) is 11.3 Å². The normalized spacial score (nSPS) is 32.9. The van der Waals surface area contributed by atoms with Crippen LogP contribution in [0.15, 0.2) is 0 Å². The highest BCUT2D eigenvalue weighted by Crippen LogP contribution is 2.54. The Hall–Kier alpha value is -0.0800. The van der Waals surface area contributed by atoms with Gasteiger partial charge in [0.25, 0.3) is 0 Å². The lowest BCUT2D eigenvalue weighted by molar-refractivity contribution is -0.130. The average molecular weight is 279 g/mol. The maximum atomic E-state index is 5.99. The van der Waals surface area contributed by atoms with E-state index >= 15 is 0 Å². The molecule has 3 rings (SSSR count). The third-order valence-corrected chi connectivity index (χ3v) is 6.34. The van der Waals surface area contributed by atoms with Crippen LogP contribution in [0.1, 0.15) is 77.6 Å². The Balaban J connectivity index is 1.39. The fourth-order valence-electron chi connectivity index (χ4n) is 5.14. The molecule has 0 heterocycles. The molecule has 3 saturated carbocycles. The first kappa shape index (κ1) is 14.8. The molecular weight excluding hydrogens is 246 g/mol. The molecule has 116 valence electrons. The lowest BCUT2D eigenvalue weighted by atomic mass is 9.60. The first-order valence-electron chi connectivity index (χ1n) is 9.20. The van der Waals surface area contributed by atoms with Crippen LogP contribution in [0.2, 0.25) is 0 Å². The predicted molar refractivity (Wildman–Crippen MR) is 83.9 cm³/mol. The maximum absolute atomic E-state index is 5.99. The molecule has 2 unspecified atom stereocenters. The summed E-state index contributed by atoms with van der Waals surface area (Å²) in [5.74, 6) is 1.05. The molecule has 0 aliphatic heterocycles. The smallest absolute Gasteiger partial charge is 0.0661 e. The van der Waals surface area contributed by atoms with E-state index in [1.54, 1.807) is 0 Å². The van der Waals surface area contributed by atoms with Gasteiger partial charge in [0.1, 0.15) is 0 Å². The molecule has 1 spiro atoms. The second kappa shape index (κ2) is 6.79. The molecule has 1 N–H and O–H groups in total. The van der Waals surface area contributed by atoms with Crippen LogP contribution in [-0.4, -0.2) is 25.3 Å². The molecule has 0 saturated heterocycles. The summed E-state index contributed by atoms with van der Waals surface area (Å²) < 4.78 is 5.99. The van der Waals surface area contributed by atoms with Gasteiger partial charge in [-0.1, -0.05) is 38.5 Å². The zero-order valence-electron chi connectivity index (χ0n) is 13.3. The lowest BCUT2D eigenvalue weighted by Crippen LogP contribution is -2.62. The Labute approximate surface area is 125 Å². The highest BCUT2D eigenvalue weighted by molar-refractivity contribution is 5.09. The summed E-state index contributed by atoms with van der Waals surface area (Å²) in [6, 6.07) is 0.755. The molecule has 3 aliphatic rings. The van der Waals surface area contributed by atoms with Crippen LogP contribution in [-0.2, 0) is 4.74 Å². The Morgan fingerprint density at radius 1 is 1.10 bits per heavy atom. The summed E-state index contributed by atoms with van der Waals surface area (Å²) in [4.78, 5) is 0. The predicted octanol–water partition coefficient (Wildman–Crippen LogP) is 4.28. The zero-order chi connectivity index (χ0) is 13.8. The van der Waals surface area contributed by atoms with Crippen molar-refractivity contribution in [2.24, 2.45) is 11.3 Å². The summed E-state index contributed by atoms with van der Waals surface area (Å²) in [6.45, 7) is 4.27. The molecule has 0 radical (unpaired) electrons. The highest BCUT2D eigenvalue weighted by Gasteiger charge is 2.56. The summed E-state index contributed by atoms with van der Waals surface area (Å²) in [5.41, 5.74) is 0.517. The van der Waals surface area contributed by atoms with Crippen LogP contribution < -0.4 is 5.32 Å². The van der Waals surface area contributed by atoms with Crippen molar-refractivity contribution >= 4 is 0 Å². The van der Waals surface area contributed by atoms with E-state index in [0.717, 1.165) is 18.6 Å². The fraction of sp³-hybridized carbons (Fsp3) is 1.00. The zero-order valence-corrected chi connectivity index (χ0v) is 13.3. The van der Waals surface area contributed by atoms with Crippen LogP contribution in [0.5, 0.6) is 0 Å². The number of nitrogens with one attached hydrogen (secondary N) is 1. The number of hydrogen-bond acceptors (Lipinski definition) is 2. The van der Waals surface area contributed by atoms with E-state index in [1.807, 2.05) is 0 Å². The van der Waals surface area contributed by atoms with Crippen molar-refractivity contribution in [1.82, 2.24) is 5.32 Å². The van der Waals surface area contributed by atoms with Crippen molar-refractivity contribution in [2.75, 3.05) is 13.2 Å². The minimum atomic E-state index is 0.517. The van der Waals surface area contributed by atoms with Gasteiger partial charge in [0.2, 0.25) is 0 Å². The summed E-state index contributed by atoms with van der Waals surface area (Å²) in [5, 5.41) is 3.88. The van der Waals surface area contributed by atoms with Gasteiger partial charge in [-0.05, 0) is 51.5 Å². The number of hydrogen-bond donors (Lipinski definition) is 1. The van der Waals surface area contributed by atoms with E-state index in [4.69, 9.17) is 4.74 Å². The average Bonchev–Trinajstić information content (AvgIpc) is 3.12. The Morgan fingerprint density at radius 2 is 1.85 bits per heavy atom. The second-order valence-electron chi connectivity index (χ2n) is 7.42. The minimum absolute atomic E-state index is 0.517. The van der Waals surface area contributed by atoms with Gasteiger partial charge in [0.15, 0.2) is 0 Å². The first-order chi connectivity index (χ1) is 9.85. The summed E-state index contributed by atoms with van der Waals surface area (Å²) in [7, 11) is 0. The largest absolute Gasteiger partial charge is 0.378 e. The molecule has 20 heavy (non-hydrogen) atoms. The molecule has 0 aromatic rings. The molecule has 3 aliphatic carbocycles. The quantitative estimate of drug-likeness (QED) is 0.702. The van der Waals surface area contributed by atoms with Crippen LogP contribution in [0.4, 0.5) is 0 Å². The van der Waals surface area contributed by atoms with E-state index in [-0.39, 0.29) is 0 Å². The number of rotatable bonds is 7. The van der Waals surface area contributed by atoms with E-state index in [0.29, 0.717) is 11.5 Å². The van der Waals surface area contributed by atoms with Crippen molar-refractivity contribution in [2.45, 2.75) is 89.7 Å². The lowest BCUT2D eigenvalue weighted by Gasteiger charge is -2.54. The Morgan fingerprint density at radius 3 is 2.55 bits per heavy atom. The minimum Gasteiger partial charge on any atom is -0.378 e. The van der Waals surface area contributed by atoms with E-state index in [9.17, 15) is 0 Å². The number of ether oxygens (including phenoxy) is 1. The SMILES string of the molecule is CCOC1CC(NCCCC2CCCC2)C12CCCC2. The fourth-order valence-corrected chi connectivity index (χ4v) is 5.14. The topological polar surface area (TPSA) is 21.3 Å². The molecule has 0 amide bonds. The monoisotopic (exact) mass is 279 g/mol. The molecule has 0 aromatic heterocycles. The van der Waals surface area contributed by atoms with Crippen molar-refractivity contribution in [3.05, 3.63) is 0 Å². The molecule has 3 fully saturated rings. The van der Waals surface area contributed by atoms with E-state index in [2.05, 4.69) is 12.2 Å². The molecule has 0 aromatic carbocycles. The van der Waals surface area contributed by atoms with Gasteiger partial charge in [-0.2, -0.15) is 0 Å². The Bertz CT molecular complexity index is 292. The van der Waals surface area contributed by atoms with Crippen molar-refractivity contribution in [3.8, 4) is 0 Å². The van der Waals surface area contributed by atoms with Crippen LogP contribution in [0.3, 0.4) is 0 Å². The van der Waals surface area contributed by atoms with Crippen LogP contribution >= 0.6 is 0 Å². The molecule has 0 bridgehead atoms. The van der Waals surface area contributed by atoms with Crippen LogP contribution in [0.25, 0.3) is 0 Å². The first-order valence-corrected chi connectivity index (χ1v) is 9.20. The molecule has 2 nitrogen and oxygen atoms in total. The second-order valence-corrected chi connectivity index (χ2v) is 7.42. The van der Waals surface area contributed by atoms with E-state index in [1.165, 1.54) is 77.2 Å².